The number of fused-ring (bicyclic) bond motifs is 1. The van der Waals surface area contributed by atoms with E-state index >= 15 is 0 Å². The molecule has 1 aliphatic heterocycles. The van der Waals surface area contributed by atoms with Gasteiger partial charge in [0.2, 0.25) is 0 Å². The van der Waals surface area contributed by atoms with Crippen molar-refractivity contribution in [3.05, 3.63) is 51.7 Å². The largest absolute Gasteiger partial charge is 0.399 e. The minimum absolute atomic E-state index is 0.876. The Balaban J connectivity index is 1.76. The average molecular weight is 244 g/mol. The van der Waals surface area contributed by atoms with Crippen LogP contribution in [0.4, 0.5) is 5.69 Å². The van der Waals surface area contributed by atoms with Gasteiger partial charge in [-0.05, 0) is 52.1 Å². The molecule has 1 aromatic heterocycles. The van der Waals surface area contributed by atoms with Crippen LogP contribution in [-0.4, -0.2) is 11.4 Å². The molecular weight excluding hydrogens is 228 g/mol. The SMILES string of the molecule is Nc1ccc2c(c1)CN(Cc1ccsc1)CC2. The fraction of sp³-hybridized carbons (Fsp3) is 0.286. The van der Waals surface area contributed by atoms with Crippen LogP contribution in [0.5, 0.6) is 0 Å². The summed E-state index contributed by atoms with van der Waals surface area (Å²) in [7, 11) is 0. The topological polar surface area (TPSA) is 29.3 Å². The minimum Gasteiger partial charge on any atom is -0.399 e. The van der Waals surface area contributed by atoms with Gasteiger partial charge in [0.25, 0.3) is 0 Å². The molecule has 2 N–H and O–H groups in total. The summed E-state index contributed by atoms with van der Waals surface area (Å²) in [5.74, 6) is 0. The van der Waals surface area contributed by atoms with Crippen molar-refractivity contribution in [1.29, 1.82) is 0 Å². The van der Waals surface area contributed by atoms with E-state index in [0.29, 0.717) is 0 Å². The molecule has 0 saturated carbocycles. The molecule has 1 aromatic carbocycles. The molecule has 0 saturated heterocycles. The molecule has 0 fully saturated rings. The number of hydrogen-bond donors (Lipinski definition) is 1. The molecule has 0 atom stereocenters. The lowest BCUT2D eigenvalue weighted by Crippen LogP contribution is -2.29. The molecule has 0 unspecified atom stereocenters. The van der Waals surface area contributed by atoms with E-state index in [0.717, 1.165) is 31.7 Å². The van der Waals surface area contributed by atoms with E-state index in [4.69, 9.17) is 5.73 Å². The van der Waals surface area contributed by atoms with Gasteiger partial charge in [-0.1, -0.05) is 6.07 Å². The smallest absolute Gasteiger partial charge is 0.0317 e. The van der Waals surface area contributed by atoms with Crippen LogP contribution >= 0.6 is 11.3 Å². The number of hydrogen-bond acceptors (Lipinski definition) is 3. The third-order valence-electron chi connectivity index (χ3n) is 3.31. The summed E-state index contributed by atoms with van der Waals surface area (Å²) in [6, 6.07) is 8.51. The summed E-state index contributed by atoms with van der Waals surface area (Å²) < 4.78 is 0. The fourth-order valence-electron chi connectivity index (χ4n) is 2.41. The lowest BCUT2D eigenvalue weighted by Gasteiger charge is -2.28. The Morgan fingerprint density at radius 2 is 2.18 bits per heavy atom. The summed E-state index contributed by atoms with van der Waals surface area (Å²) in [5, 5.41) is 4.38. The van der Waals surface area contributed by atoms with Gasteiger partial charge >= 0.3 is 0 Å². The van der Waals surface area contributed by atoms with Gasteiger partial charge in [0.05, 0.1) is 0 Å². The van der Waals surface area contributed by atoms with Crippen LogP contribution < -0.4 is 5.73 Å². The van der Waals surface area contributed by atoms with Crippen LogP contribution in [-0.2, 0) is 19.5 Å². The maximum absolute atomic E-state index is 5.85. The Bertz CT molecular complexity index is 505. The Morgan fingerprint density at radius 3 is 3.00 bits per heavy atom. The standard InChI is InChI=1S/C14H16N2S/c15-14-2-1-12-3-5-16(9-13(12)7-14)8-11-4-6-17-10-11/h1-2,4,6-7,10H,3,5,8-9,15H2. The molecule has 0 bridgehead atoms. The van der Waals surface area contributed by atoms with Gasteiger partial charge in [-0.15, -0.1) is 0 Å². The molecule has 0 amide bonds. The number of thiophene rings is 1. The first-order valence-corrected chi connectivity index (χ1v) is 6.86. The van der Waals surface area contributed by atoms with E-state index in [1.807, 2.05) is 6.07 Å². The number of nitrogens with two attached hydrogens (primary N) is 1. The van der Waals surface area contributed by atoms with Crippen molar-refractivity contribution in [3.63, 3.8) is 0 Å². The first-order valence-electron chi connectivity index (χ1n) is 5.92. The number of anilines is 1. The maximum atomic E-state index is 5.85. The lowest BCUT2D eigenvalue weighted by atomic mass is 9.99. The summed E-state index contributed by atoms with van der Waals surface area (Å²) in [6.07, 6.45) is 1.14. The predicted octanol–water partition coefficient (Wildman–Crippen LogP) is 2.89. The second kappa shape index (κ2) is 4.51. The lowest BCUT2D eigenvalue weighted by molar-refractivity contribution is 0.246. The number of benzene rings is 1. The molecule has 2 aromatic rings. The number of rotatable bonds is 2. The van der Waals surface area contributed by atoms with Crippen LogP contribution in [0.25, 0.3) is 0 Å². The zero-order chi connectivity index (χ0) is 11.7. The van der Waals surface area contributed by atoms with E-state index in [-0.39, 0.29) is 0 Å². The van der Waals surface area contributed by atoms with Crippen molar-refractivity contribution in [1.82, 2.24) is 4.90 Å². The summed E-state index contributed by atoms with van der Waals surface area (Å²) in [4.78, 5) is 2.49. The van der Waals surface area contributed by atoms with Gasteiger partial charge in [0.15, 0.2) is 0 Å². The predicted molar refractivity (Wildman–Crippen MR) is 73.0 cm³/mol. The second-order valence-electron chi connectivity index (χ2n) is 4.62. The minimum atomic E-state index is 0.876. The average Bonchev–Trinajstić information content (AvgIpc) is 2.81. The van der Waals surface area contributed by atoms with Crippen molar-refractivity contribution in [2.45, 2.75) is 19.5 Å². The highest BCUT2D eigenvalue weighted by atomic mass is 32.1. The monoisotopic (exact) mass is 244 g/mol. The maximum Gasteiger partial charge on any atom is 0.0317 e. The molecule has 0 spiro atoms. The highest BCUT2D eigenvalue weighted by Gasteiger charge is 2.16. The van der Waals surface area contributed by atoms with Gasteiger partial charge in [-0.25, -0.2) is 0 Å². The van der Waals surface area contributed by atoms with Crippen molar-refractivity contribution < 1.29 is 0 Å². The number of nitrogens with zero attached hydrogens (tertiary/aromatic N) is 1. The zero-order valence-electron chi connectivity index (χ0n) is 9.73. The molecule has 17 heavy (non-hydrogen) atoms. The van der Waals surface area contributed by atoms with Crippen LogP contribution in [0, 0.1) is 0 Å². The van der Waals surface area contributed by atoms with Gasteiger partial charge < -0.3 is 5.73 Å². The highest BCUT2D eigenvalue weighted by Crippen LogP contribution is 2.23. The Labute approximate surface area is 106 Å². The Hall–Kier alpha value is -1.32. The van der Waals surface area contributed by atoms with Crippen molar-refractivity contribution >= 4 is 17.0 Å². The molecule has 0 radical (unpaired) electrons. The van der Waals surface area contributed by atoms with Crippen molar-refractivity contribution in [2.75, 3.05) is 12.3 Å². The van der Waals surface area contributed by atoms with E-state index in [1.54, 1.807) is 11.3 Å². The van der Waals surface area contributed by atoms with E-state index in [1.165, 1.54) is 16.7 Å². The Kier molecular flexibility index (Phi) is 2.87. The zero-order valence-corrected chi connectivity index (χ0v) is 10.5. The van der Waals surface area contributed by atoms with Crippen LogP contribution in [0.1, 0.15) is 16.7 Å². The number of nitrogen functional groups attached to an aromatic ring is 1. The molecule has 2 nitrogen and oxygen atoms in total. The van der Waals surface area contributed by atoms with Gasteiger partial charge in [0.1, 0.15) is 0 Å². The van der Waals surface area contributed by atoms with Crippen LogP contribution in [0.2, 0.25) is 0 Å². The molecule has 1 aliphatic rings. The van der Waals surface area contributed by atoms with Gasteiger partial charge in [-0.2, -0.15) is 11.3 Å². The summed E-state index contributed by atoms with van der Waals surface area (Å²) >= 11 is 1.77. The normalized spacial score (nSPS) is 15.8. The van der Waals surface area contributed by atoms with E-state index in [2.05, 4.69) is 33.9 Å². The first kappa shape index (κ1) is 10.8. The van der Waals surface area contributed by atoms with E-state index < -0.39 is 0 Å². The molecule has 3 heteroatoms. The highest BCUT2D eigenvalue weighted by molar-refractivity contribution is 7.07. The quantitative estimate of drug-likeness (QED) is 0.823. The molecular formula is C14H16N2S. The molecule has 2 heterocycles. The third kappa shape index (κ3) is 2.35. The van der Waals surface area contributed by atoms with Gasteiger partial charge in [-0.3, -0.25) is 4.90 Å². The molecule has 0 aliphatic carbocycles. The van der Waals surface area contributed by atoms with Crippen molar-refractivity contribution in [3.8, 4) is 0 Å². The molecule has 3 rings (SSSR count). The summed E-state index contributed by atoms with van der Waals surface area (Å²) in [5.41, 5.74) is 11.0. The third-order valence-corrected chi connectivity index (χ3v) is 4.04. The Morgan fingerprint density at radius 1 is 1.24 bits per heavy atom. The van der Waals surface area contributed by atoms with Crippen molar-refractivity contribution in [2.24, 2.45) is 0 Å². The first-order chi connectivity index (χ1) is 8.31. The molecule has 88 valence electrons. The summed E-state index contributed by atoms with van der Waals surface area (Å²) in [6.45, 7) is 3.22. The van der Waals surface area contributed by atoms with Gasteiger partial charge in [0, 0.05) is 25.3 Å². The van der Waals surface area contributed by atoms with Crippen LogP contribution in [0.15, 0.2) is 35.0 Å². The van der Waals surface area contributed by atoms with E-state index in [9.17, 15) is 0 Å². The second-order valence-corrected chi connectivity index (χ2v) is 5.40. The fourth-order valence-corrected chi connectivity index (χ4v) is 3.07. The van der Waals surface area contributed by atoms with Crippen LogP contribution in [0.3, 0.4) is 0 Å².